The Labute approximate surface area is 69.8 Å². The second-order valence-electron chi connectivity index (χ2n) is 2.26. The van der Waals surface area contributed by atoms with E-state index in [0.717, 1.165) is 11.4 Å². The van der Waals surface area contributed by atoms with E-state index in [1.54, 1.807) is 24.7 Å². The summed E-state index contributed by atoms with van der Waals surface area (Å²) in [5, 5.41) is 0. The Morgan fingerprint density at radius 2 is 1.33 bits per heavy atom. The largest absolute Gasteiger partial charge is 0.390 e. The van der Waals surface area contributed by atoms with Crippen LogP contribution in [0, 0.1) is 0 Å². The smallest absolute Gasteiger partial charge is 0.119 e. The van der Waals surface area contributed by atoms with Crippen LogP contribution in [0.3, 0.4) is 0 Å². The molecule has 2 heterocycles. The third-order valence-electron chi connectivity index (χ3n) is 1.45. The highest BCUT2D eigenvalue weighted by Gasteiger charge is 2.07. The lowest BCUT2D eigenvalue weighted by molar-refractivity contribution is 0.136. The van der Waals surface area contributed by atoms with Gasteiger partial charge in [0.1, 0.15) is 12.5 Å². The molecule has 0 bridgehead atoms. The van der Waals surface area contributed by atoms with Crippen LogP contribution in [0.25, 0.3) is 0 Å². The zero-order valence-electron chi connectivity index (χ0n) is 6.28. The number of hydrogen-bond acceptors (Lipinski definition) is 4. The Bertz CT molecular complexity index is 259. The summed E-state index contributed by atoms with van der Waals surface area (Å²) in [4.78, 5) is 9.75. The summed E-state index contributed by atoms with van der Waals surface area (Å²) in [7, 11) is 0. The molecule has 2 aliphatic heterocycles. The van der Waals surface area contributed by atoms with E-state index < -0.39 is 0 Å². The van der Waals surface area contributed by atoms with Gasteiger partial charge in [-0.05, 0) is 24.3 Å². The molecule has 0 aromatic heterocycles. The normalized spacial score (nSPS) is 19.3. The molecule has 2 rings (SSSR count). The van der Waals surface area contributed by atoms with Crippen molar-refractivity contribution in [3.05, 3.63) is 48.2 Å². The maximum Gasteiger partial charge on any atom is 0.119 e. The van der Waals surface area contributed by atoms with Gasteiger partial charge in [0.15, 0.2) is 0 Å². The van der Waals surface area contributed by atoms with Crippen molar-refractivity contribution in [2.75, 3.05) is 0 Å². The molecule has 12 heavy (non-hydrogen) atoms. The number of hydrogen-bond donors (Lipinski definition) is 2. The standard InChI is InChI=1S/C8H8N2O2/c1-3-7(9-11-5-1)8-4-2-6-12-10-8/h1-6,9-10H. The van der Waals surface area contributed by atoms with E-state index in [4.69, 9.17) is 9.68 Å². The van der Waals surface area contributed by atoms with Crippen molar-refractivity contribution in [2.24, 2.45) is 0 Å². The van der Waals surface area contributed by atoms with Gasteiger partial charge < -0.3 is 9.68 Å². The molecule has 4 heteroatoms. The highest BCUT2D eigenvalue weighted by molar-refractivity contribution is 5.33. The molecule has 0 aromatic carbocycles. The lowest BCUT2D eigenvalue weighted by Crippen LogP contribution is -2.23. The Morgan fingerprint density at radius 1 is 0.833 bits per heavy atom. The minimum Gasteiger partial charge on any atom is -0.390 e. The first kappa shape index (κ1) is 6.84. The number of rotatable bonds is 1. The van der Waals surface area contributed by atoms with E-state index in [1.807, 2.05) is 12.2 Å². The van der Waals surface area contributed by atoms with Gasteiger partial charge in [0.25, 0.3) is 0 Å². The molecule has 0 spiro atoms. The van der Waals surface area contributed by atoms with Gasteiger partial charge in [-0.2, -0.15) is 0 Å². The van der Waals surface area contributed by atoms with E-state index in [1.165, 1.54) is 0 Å². The summed E-state index contributed by atoms with van der Waals surface area (Å²) in [6.07, 6.45) is 10.5. The van der Waals surface area contributed by atoms with Crippen LogP contribution in [0.1, 0.15) is 0 Å². The average molecular weight is 164 g/mol. The van der Waals surface area contributed by atoms with Gasteiger partial charge in [0, 0.05) is 0 Å². The van der Waals surface area contributed by atoms with E-state index >= 15 is 0 Å². The lowest BCUT2D eigenvalue weighted by atomic mass is 10.2. The van der Waals surface area contributed by atoms with Crippen LogP contribution in [0.4, 0.5) is 0 Å². The summed E-state index contributed by atoms with van der Waals surface area (Å²) in [6.45, 7) is 0. The predicted molar refractivity (Wildman–Crippen MR) is 42.9 cm³/mol. The van der Waals surface area contributed by atoms with Crippen LogP contribution in [-0.4, -0.2) is 0 Å². The van der Waals surface area contributed by atoms with Gasteiger partial charge in [-0.1, -0.05) is 0 Å². The minimum atomic E-state index is 0.835. The quantitative estimate of drug-likeness (QED) is 0.603. The number of allylic oxidation sites excluding steroid dienone is 4. The molecule has 0 radical (unpaired) electrons. The monoisotopic (exact) mass is 164 g/mol. The average Bonchev–Trinajstić information content (AvgIpc) is 2.21. The Balaban J connectivity index is 2.17. The first-order valence-electron chi connectivity index (χ1n) is 3.54. The van der Waals surface area contributed by atoms with Crippen LogP contribution in [0.2, 0.25) is 0 Å². The number of hydroxylamine groups is 2. The fourth-order valence-electron chi connectivity index (χ4n) is 0.902. The Morgan fingerprint density at radius 3 is 1.67 bits per heavy atom. The maximum atomic E-state index is 4.88. The lowest BCUT2D eigenvalue weighted by Gasteiger charge is -2.17. The summed E-state index contributed by atoms with van der Waals surface area (Å²) in [6, 6.07) is 0. The molecular formula is C8H8N2O2. The second kappa shape index (κ2) is 3.04. The SMILES string of the molecule is C1=CONC(C2=CC=CON2)=C1. The summed E-state index contributed by atoms with van der Waals surface area (Å²) in [5.41, 5.74) is 7.11. The molecule has 4 nitrogen and oxygen atoms in total. The van der Waals surface area contributed by atoms with Crippen LogP contribution in [0.15, 0.2) is 48.2 Å². The van der Waals surface area contributed by atoms with Crippen molar-refractivity contribution in [2.45, 2.75) is 0 Å². The zero-order chi connectivity index (χ0) is 8.23. The molecule has 0 aromatic rings. The van der Waals surface area contributed by atoms with Crippen molar-refractivity contribution >= 4 is 0 Å². The topological polar surface area (TPSA) is 42.5 Å². The van der Waals surface area contributed by atoms with Crippen molar-refractivity contribution < 1.29 is 9.68 Å². The van der Waals surface area contributed by atoms with Gasteiger partial charge in [-0.25, -0.2) is 11.0 Å². The van der Waals surface area contributed by atoms with Gasteiger partial charge >= 0.3 is 0 Å². The predicted octanol–water partition coefficient (Wildman–Crippen LogP) is 0.851. The van der Waals surface area contributed by atoms with Crippen molar-refractivity contribution in [3.8, 4) is 0 Å². The highest BCUT2D eigenvalue weighted by Crippen LogP contribution is 2.09. The zero-order valence-corrected chi connectivity index (χ0v) is 6.28. The van der Waals surface area contributed by atoms with Crippen molar-refractivity contribution in [1.29, 1.82) is 0 Å². The van der Waals surface area contributed by atoms with Crippen molar-refractivity contribution in [3.63, 3.8) is 0 Å². The van der Waals surface area contributed by atoms with E-state index in [0.29, 0.717) is 0 Å². The third kappa shape index (κ3) is 1.27. The Hall–Kier alpha value is -1.84. The molecule has 0 atom stereocenters. The third-order valence-corrected chi connectivity index (χ3v) is 1.45. The fourth-order valence-corrected chi connectivity index (χ4v) is 0.902. The Kier molecular flexibility index (Phi) is 1.74. The highest BCUT2D eigenvalue weighted by atomic mass is 16.6. The molecule has 2 aliphatic rings. The molecule has 0 unspecified atom stereocenters. The van der Waals surface area contributed by atoms with Crippen LogP contribution < -0.4 is 11.0 Å². The summed E-state index contributed by atoms with van der Waals surface area (Å²) < 4.78 is 0. The van der Waals surface area contributed by atoms with Crippen LogP contribution in [-0.2, 0) is 9.68 Å². The summed E-state index contributed by atoms with van der Waals surface area (Å²) >= 11 is 0. The molecule has 0 saturated carbocycles. The summed E-state index contributed by atoms with van der Waals surface area (Å²) in [5.74, 6) is 0. The van der Waals surface area contributed by atoms with Gasteiger partial charge in [0.05, 0.1) is 11.4 Å². The molecule has 62 valence electrons. The molecule has 0 amide bonds. The maximum absolute atomic E-state index is 4.88. The molecule has 0 aliphatic carbocycles. The first-order valence-corrected chi connectivity index (χ1v) is 3.54. The molecular weight excluding hydrogens is 156 g/mol. The fraction of sp³-hybridized carbons (Fsp3) is 0. The minimum absolute atomic E-state index is 0.835. The van der Waals surface area contributed by atoms with Crippen LogP contribution >= 0.6 is 0 Å². The number of nitrogens with one attached hydrogen (secondary N) is 2. The van der Waals surface area contributed by atoms with Gasteiger partial charge in [-0.15, -0.1) is 0 Å². The van der Waals surface area contributed by atoms with Crippen molar-refractivity contribution in [1.82, 2.24) is 11.0 Å². The van der Waals surface area contributed by atoms with Gasteiger partial charge in [-0.3, -0.25) is 0 Å². The van der Waals surface area contributed by atoms with Crippen LogP contribution in [0.5, 0.6) is 0 Å². The van der Waals surface area contributed by atoms with E-state index in [9.17, 15) is 0 Å². The molecule has 0 saturated heterocycles. The van der Waals surface area contributed by atoms with E-state index in [2.05, 4.69) is 11.0 Å². The first-order chi connectivity index (χ1) is 5.97. The van der Waals surface area contributed by atoms with E-state index in [-0.39, 0.29) is 0 Å². The van der Waals surface area contributed by atoms with Gasteiger partial charge in [0.2, 0.25) is 0 Å². The second-order valence-corrected chi connectivity index (χ2v) is 2.26. The molecule has 0 fully saturated rings. The molecule has 2 N–H and O–H groups in total.